The third-order valence-electron chi connectivity index (χ3n) is 5.11. The molecule has 1 unspecified atom stereocenters. The van der Waals surface area contributed by atoms with Crippen molar-refractivity contribution in [3.05, 3.63) is 60.2 Å². The first kappa shape index (κ1) is 20.0. The van der Waals surface area contributed by atoms with Crippen LogP contribution in [-0.4, -0.2) is 39.6 Å². The average Bonchev–Trinajstić information content (AvgIpc) is 3.45. The first-order chi connectivity index (χ1) is 14.6. The van der Waals surface area contributed by atoms with E-state index in [4.69, 9.17) is 0 Å². The van der Waals surface area contributed by atoms with E-state index in [1.807, 2.05) is 54.6 Å². The van der Waals surface area contributed by atoms with Gasteiger partial charge in [0, 0.05) is 17.8 Å². The highest BCUT2D eigenvalue weighted by atomic mass is 32.1. The van der Waals surface area contributed by atoms with Crippen molar-refractivity contribution in [2.75, 3.05) is 17.2 Å². The third kappa shape index (κ3) is 4.49. The van der Waals surface area contributed by atoms with Crippen molar-refractivity contribution in [2.24, 2.45) is 0 Å². The smallest absolute Gasteiger partial charge is 0.312 e. The van der Waals surface area contributed by atoms with Gasteiger partial charge < -0.3 is 10.2 Å². The number of hydrogen-bond donors (Lipinski definition) is 2. The summed E-state index contributed by atoms with van der Waals surface area (Å²) in [6.45, 7) is 2.63. The summed E-state index contributed by atoms with van der Waals surface area (Å²) in [7, 11) is 0. The highest BCUT2D eigenvalue weighted by Gasteiger charge is 2.34. The van der Waals surface area contributed by atoms with Gasteiger partial charge in [-0.15, -0.1) is 10.2 Å². The van der Waals surface area contributed by atoms with Crippen molar-refractivity contribution in [2.45, 2.75) is 32.2 Å². The van der Waals surface area contributed by atoms with Crippen molar-refractivity contribution in [1.82, 2.24) is 15.1 Å². The van der Waals surface area contributed by atoms with Crippen LogP contribution in [0.3, 0.4) is 0 Å². The summed E-state index contributed by atoms with van der Waals surface area (Å²) in [5.41, 5.74) is 2.88. The molecule has 0 saturated carbocycles. The Morgan fingerprint density at radius 2 is 1.83 bits per heavy atom. The predicted molar refractivity (Wildman–Crippen MR) is 119 cm³/mol. The number of nitrogens with zero attached hydrogens (tertiary/aromatic N) is 3. The van der Waals surface area contributed by atoms with Crippen LogP contribution < -0.4 is 10.6 Å². The van der Waals surface area contributed by atoms with Gasteiger partial charge in [-0.3, -0.25) is 10.1 Å². The van der Waals surface area contributed by atoms with E-state index in [-0.39, 0.29) is 11.9 Å². The molecule has 0 aliphatic carbocycles. The molecule has 1 fully saturated rings. The van der Waals surface area contributed by atoms with Crippen LogP contribution in [0, 0.1) is 0 Å². The summed E-state index contributed by atoms with van der Waals surface area (Å²) in [6, 6.07) is 16.6. The van der Waals surface area contributed by atoms with Gasteiger partial charge in [0.05, 0.1) is 0 Å². The van der Waals surface area contributed by atoms with Gasteiger partial charge in [-0.2, -0.15) is 0 Å². The van der Waals surface area contributed by atoms with E-state index in [1.54, 1.807) is 4.90 Å². The number of hydrogen-bond acceptors (Lipinski definition) is 5. The molecule has 0 bridgehead atoms. The zero-order valence-electron chi connectivity index (χ0n) is 16.7. The molecular formula is C22H23N5O2S. The molecule has 1 saturated heterocycles. The van der Waals surface area contributed by atoms with E-state index in [1.165, 1.54) is 16.9 Å². The Kier molecular flexibility index (Phi) is 6.04. The standard InChI is InChI=1S/C22H23N5O2S/c1-2-15-10-12-17(13-11-15)23-22(29)27-14-6-9-18(27)19(28)24-21-26-25-20(30-21)16-7-4-3-5-8-16/h3-5,7-8,10-13,18H,2,6,9,14H2,1H3,(H,23,29)(H,24,26,28). The highest BCUT2D eigenvalue weighted by Crippen LogP contribution is 2.27. The second-order valence-corrected chi connectivity index (χ2v) is 8.08. The summed E-state index contributed by atoms with van der Waals surface area (Å²) in [6.07, 6.45) is 2.35. The Bertz CT molecular complexity index is 1020. The minimum Gasteiger partial charge on any atom is -0.312 e. The number of benzene rings is 2. The third-order valence-corrected chi connectivity index (χ3v) is 5.99. The van der Waals surface area contributed by atoms with Gasteiger partial charge in [0.15, 0.2) is 0 Å². The van der Waals surface area contributed by atoms with Crippen molar-refractivity contribution in [1.29, 1.82) is 0 Å². The Morgan fingerprint density at radius 1 is 1.07 bits per heavy atom. The number of rotatable bonds is 5. The molecule has 4 rings (SSSR count). The fraction of sp³-hybridized carbons (Fsp3) is 0.273. The van der Waals surface area contributed by atoms with Gasteiger partial charge in [-0.1, -0.05) is 60.7 Å². The van der Waals surface area contributed by atoms with E-state index in [0.29, 0.717) is 18.1 Å². The molecule has 3 aromatic rings. The first-order valence-corrected chi connectivity index (χ1v) is 10.8. The maximum Gasteiger partial charge on any atom is 0.322 e. The van der Waals surface area contributed by atoms with Crippen molar-refractivity contribution in [3.63, 3.8) is 0 Å². The van der Waals surface area contributed by atoms with Gasteiger partial charge in [0.2, 0.25) is 11.0 Å². The molecule has 8 heteroatoms. The Balaban J connectivity index is 1.39. The fourth-order valence-corrected chi connectivity index (χ4v) is 4.21. The second kappa shape index (κ2) is 9.04. The van der Waals surface area contributed by atoms with Crippen LogP contribution in [0.1, 0.15) is 25.3 Å². The maximum atomic E-state index is 12.8. The molecule has 1 aliphatic rings. The molecule has 3 amide bonds. The Morgan fingerprint density at radius 3 is 2.57 bits per heavy atom. The van der Waals surface area contributed by atoms with Crippen molar-refractivity contribution in [3.8, 4) is 10.6 Å². The Labute approximate surface area is 179 Å². The SMILES string of the molecule is CCc1ccc(NC(=O)N2CCCC2C(=O)Nc2nnc(-c3ccccc3)s2)cc1. The first-order valence-electron chi connectivity index (χ1n) is 10.0. The topological polar surface area (TPSA) is 87.2 Å². The van der Waals surface area contributed by atoms with Gasteiger partial charge in [0.25, 0.3) is 0 Å². The minimum absolute atomic E-state index is 0.236. The zero-order valence-corrected chi connectivity index (χ0v) is 17.5. The number of nitrogens with one attached hydrogen (secondary N) is 2. The lowest BCUT2D eigenvalue weighted by Crippen LogP contribution is -2.45. The summed E-state index contributed by atoms with van der Waals surface area (Å²) in [4.78, 5) is 27.1. The number of carbonyl (C=O) groups is 2. The molecule has 7 nitrogen and oxygen atoms in total. The molecule has 1 aromatic heterocycles. The predicted octanol–water partition coefficient (Wildman–Crippen LogP) is 4.40. The lowest BCUT2D eigenvalue weighted by molar-refractivity contribution is -0.119. The van der Waals surface area contributed by atoms with Crippen LogP contribution >= 0.6 is 11.3 Å². The fourth-order valence-electron chi connectivity index (χ4n) is 3.46. The summed E-state index contributed by atoms with van der Waals surface area (Å²) >= 11 is 1.32. The molecular weight excluding hydrogens is 398 g/mol. The number of aromatic nitrogens is 2. The summed E-state index contributed by atoms with van der Waals surface area (Å²) < 4.78 is 0. The van der Waals surface area contributed by atoms with Crippen LogP contribution in [0.5, 0.6) is 0 Å². The second-order valence-electron chi connectivity index (χ2n) is 7.10. The van der Waals surface area contributed by atoms with Gasteiger partial charge in [0.1, 0.15) is 11.0 Å². The average molecular weight is 422 g/mol. The van der Waals surface area contributed by atoms with Gasteiger partial charge in [-0.05, 0) is 37.0 Å². The monoisotopic (exact) mass is 421 g/mol. The molecule has 0 radical (unpaired) electrons. The lowest BCUT2D eigenvalue weighted by Gasteiger charge is -2.23. The van der Waals surface area contributed by atoms with E-state index in [9.17, 15) is 9.59 Å². The quantitative estimate of drug-likeness (QED) is 0.639. The number of amides is 3. The van der Waals surface area contributed by atoms with E-state index >= 15 is 0 Å². The molecule has 30 heavy (non-hydrogen) atoms. The number of urea groups is 1. The van der Waals surface area contributed by atoms with Crippen LogP contribution in [0.2, 0.25) is 0 Å². The van der Waals surface area contributed by atoms with Gasteiger partial charge in [-0.25, -0.2) is 4.79 Å². The molecule has 2 aromatic carbocycles. The number of anilines is 2. The highest BCUT2D eigenvalue weighted by molar-refractivity contribution is 7.18. The lowest BCUT2D eigenvalue weighted by atomic mass is 10.1. The summed E-state index contributed by atoms with van der Waals surface area (Å²) in [5, 5.41) is 15.1. The number of carbonyl (C=O) groups excluding carboxylic acids is 2. The van der Waals surface area contributed by atoms with Crippen molar-refractivity contribution < 1.29 is 9.59 Å². The maximum absolute atomic E-state index is 12.8. The minimum atomic E-state index is -0.524. The van der Waals surface area contributed by atoms with Crippen LogP contribution in [0.15, 0.2) is 54.6 Å². The van der Waals surface area contributed by atoms with Crippen LogP contribution in [-0.2, 0) is 11.2 Å². The molecule has 1 aliphatic heterocycles. The van der Waals surface area contributed by atoms with Gasteiger partial charge >= 0.3 is 6.03 Å². The largest absolute Gasteiger partial charge is 0.322 e. The molecule has 154 valence electrons. The van der Waals surface area contributed by atoms with Crippen molar-refractivity contribution >= 4 is 34.1 Å². The number of likely N-dealkylation sites (tertiary alicyclic amines) is 1. The van der Waals surface area contributed by atoms with Crippen LogP contribution in [0.25, 0.3) is 10.6 Å². The zero-order chi connectivity index (χ0) is 20.9. The van der Waals surface area contributed by atoms with E-state index in [2.05, 4.69) is 27.8 Å². The molecule has 1 atom stereocenters. The molecule has 2 N–H and O–H groups in total. The molecule has 0 spiro atoms. The Hall–Kier alpha value is -3.26. The molecule has 2 heterocycles. The van der Waals surface area contributed by atoms with E-state index in [0.717, 1.165) is 29.1 Å². The van der Waals surface area contributed by atoms with E-state index < -0.39 is 6.04 Å². The summed E-state index contributed by atoms with van der Waals surface area (Å²) in [5.74, 6) is -0.236. The normalized spacial score (nSPS) is 15.8. The number of aryl methyl sites for hydroxylation is 1. The van der Waals surface area contributed by atoms with Crippen LogP contribution in [0.4, 0.5) is 15.6 Å².